The highest BCUT2D eigenvalue weighted by atomic mass is 28.4. The number of nitrogens with two attached hydrogens (primary N) is 1. The molecule has 31 heavy (non-hydrogen) atoms. The Hall–Kier alpha value is -1.87. The summed E-state index contributed by atoms with van der Waals surface area (Å²) in [5.41, 5.74) is 7.54. The molecule has 2 N–H and O–H groups in total. The first-order valence-corrected chi connectivity index (χ1v) is 13.7. The van der Waals surface area contributed by atoms with Gasteiger partial charge in [0.25, 0.3) is 0 Å². The van der Waals surface area contributed by atoms with Crippen molar-refractivity contribution in [3.8, 4) is 0 Å². The average Bonchev–Trinajstić information content (AvgIpc) is 2.72. The van der Waals surface area contributed by atoms with E-state index in [9.17, 15) is 4.79 Å². The lowest BCUT2D eigenvalue weighted by molar-refractivity contribution is -0.142. The summed E-state index contributed by atoms with van der Waals surface area (Å²) in [6, 6.07) is 7.35. The van der Waals surface area contributed by atoms with Crippen molar-refractivity contribution >= 4 is 25.3 Å². The molecule has 0 amide bonds. The van der Waals surface area contributed by atoms with Gasteiger partial charge in [0.05, 0.1) is 19.8 Å². The van der Waals surface area contributed by atoms with Crippen molar-refractivity contribution in [3.63, 3.8) is 0 Å². The summed E-state index contributed by atoms with van der Waals surface area (Å²) in [6.07, 6.45) is 3.68. The van der Waals surface area contributed by atoms with Gasteiger partial charge in [0.15, 0.2) is 14.0 Å². The smallest absolute Gasteiger partial charge is 0.322 e. The molecule has 2 rings (SSSR count). The lowest BCUT2D eigenvalue weighted by Crippen LogP contribution is -2.45. The number of pyridine rings is 2. The van der Waals surface area contributed by atoms with Crippen LogP contribution in [0, 0.1) is 0 Å². The molecule has 0 saturated heterocycles. The quantitative estimate of drug-likeness (QED) is 0.317. The van der Waals surface area contributed by atoms with Gasteiger partial charge in [0.1, 0.15) is 6.04 Å². The van der Waals surface area contributed by atoms with E-state index < -0.39 is 20.3 Å². The predicted molar refractivity (Wildman–Crippen MR) is 125 cm³/mol. The normalized spacial score (nSPS) is 14.4. The Labute approximate surface area is 186 Å². The van der Waals surface area contributed by atoms with Gasteiger partial charge in [-0.25, -0.2) is 9.97 Å². The summed E-state index contributed by atoms with van der Waals surface area (Å²) in [7, 11) is -0.631. The van der Waals surface area contributed by atoms with Gasteiger partial charge < -0.3 is 19.6 Å². The summed E-state index contributed by atoms with van der Waals surface area (Å²) < 4.78 is 17.2. The number of hydrogen-bond donors (Lipinski definition) is 1. The largest absolute Gasteiger partial charge is 0.468 e. The maximum atomic E-state index is 11.5. The van der Waals surface area contributed by atoms with E-state index in [-0.39, 0.29) is 11.1 Å². The predicted octanol–water partition coefficient (Wildman–Crippen LogP) is 3.86. The number of carbonyl (C=O) groups excluding carboxylic acids is 1. The second-order valence-electron chi connectivity index (χ2n) is 9.38. The number of rotatable bonds is 11. The van der Waals surface area contributed by atoms with E-state index in [1.54, 1.807) is 6.20 Å². The van der Waals surface area contributed by atoms with Gasteiger partial charge in [-0.1, -0.05) is 20.8 Å². The molecule has 0 saturated carbocycles. The number of aryl methyl sites for hydroxylation is 1. The maximum absolute atomic E-state index is 11.5. The van der Waals surface area contributed by atoms with E-state index in [1.807, 2.05) is 18.2 Å². The molecule has 0 unspecified atom stereocenters. The minimum Gasteiger partial charge on any atom is -0.468 e. The Morgan fingerprint density at radius 1 is 1.19 bits per heavy atom. The standard InChI is InChI=1S/C23H37N3O4Si/c1-23(2,3)31(5,6)30-19(16-29-15-13-20(24)22(27)28-4)12-11-18-10-9-17-8-7-14-25-21(17)26-18/h7-10,14,19-20H,11-13,15-16,24H2,1-6H3/t19-,20-/m0/s1. The van der Waals surface area contributed by atoms with E-state index >= 15 is 0 Å². The second kappa shape index (κ2) is 11.1. The van der Waals surface area contributed by atoms with Crippen molar-refractivity contribution in [1.29, 1.82) is 0 Å². The highest BCUT2D eigenvalue weighted by Crippen LogP contribution is 2.37. The highest BCUT2D eigenvalue weighted by molar-refractivity contribution is 6.74. The van der Waals surface area contributed by atoms with E-state index in [2.05, 4.69) is 54.6 Å². The number of esters is 1. The van der Waals surface area contributed by atoms with Crippen molar-refractivity contribution in [1.82, 2.24) is 9.97 Å². The first kappa shape index (κ1) is 25.4. The fourth-order valence-corrected chi connectivity index (χ4v) is 4.28. The van der Waals surface area contributed by atoms with Crippen LogP contribution >= 0.6 is 0 Å². The Balaban J connectivity index is 1.99. The molecule has 2 aromatic rings. The molecule has 0 fully saturated rings. The topological polar surface area (TPSA) is 96.6 Å². The van der Waals surface area contributed by atoms with Crippen LogP contribution in [0.3, 0.4) is 0 Å². The van der Waals surface area contributed by atoms with E-state index in [4.69, 9.17) is 14.9 Å². The van der Waals surface area contributed by atoms with Crippen molar-refractivity contribution in [3.05, 3.63) is 36.2 Å². The zero-order chi connectivity index (χ0) is 23.1. The zero-order valence-corrected chi connectivity index (χ0v) is 20.7. The van der Waals surface area contributed by atoms with Gasteiger partial charge in [0.2, 0.25) is 0 Å². The van der Waals surface area contributed by atoms with Crippen molar-refractivity contribution in [2.45, 2.75) is 70.3 Å². The molecule has 0 aliphatic carbocycles. The molecule has 0 aliphatic rings. The molecule has 0 aromatic carbocycles. The molecule has 0 spiro atoms. The molecule has 2 aromatic heterocycles. The number of ether oxygens (including phenoxy) is 2. The van der Waals surface area contributed by atoms with E-state index in [0.717, 1.165) is 29.6 Å². The molecule has 0 aliphatic heterocycles. The number of hydrogen-bond acceptors (Lipinski definition) is 7. The molecular formula is C23H37N3O4Si. The Bertz CT molecular complexity index is 854. The highest BCUT2D eigenvalue weighted by Gasteiger charge is 2.39. The summed E-state index contributed by atoms with van der Waals surface area (Å²) in [6.45, 7) is 12.0. The Morgan fingerprint density at radius 3 is 2.61 bits per heavy atom. The lowest BCUT2D eigenvalue weighted by atomic mass is 10.1. The van der Waals surface area contributed by atoms with Gasteiger partial charge in [-0.15, -0.1) is 0 Å². The molecule has 2 atom stereocenters. The zero-order valence-electron chi connectivity index (χ0n) is 19.7. The first-order chi connectivity index (χ1) is 14.5. The SMILES string of the molecule is COC(=O)[C@@H](N)CCOC[C@H](CCc1ccc2cccnc2n1)O[Si](C)(C)C(C)(C)C. The summed E-state index contributed by atoms with van der Waals surface area (Å²) in [5, 5.41) is 1.13. The first-order valence-electron chi connectivity index (χ1n) is 10.8. The summed E-state index contributed by atoms with van der Waals surface area (Å²) in [5.74, 6) is -0.423. The van der Waals surface area contributed by atoms with Gasteiger partial charge in [-0.05, 0) is 61.7 Å². The number of fused-ring (bicyclic) bond motifs is 1. The van der Waals surface area contributed by atoms with Crippen molar-refractivity contribution < 1.29 is 18.7 Å². The van der Waals surface area contributed by atoms with Crippen LogP contribution in [0.25, 0.3) is 11.0 Å². The van der Waals surface area contributed by atoms with Crippen LogP contribution in [0.2, 0.25) is 18.1 Å². The van der Waals surface area contributed by atoms with E-state index in [1.165, 1.54) is 7.11 Å². The van der Waals surface area contributed by atoms with Crippen LogP contribution in [-0.2, 0) is 25.1 Å². The number of methoxy groups -OCH3 is 1. The van der Waals surface area contributed by atoms with Crippen LogP contribution < -0.4 is 5.73 Å². The van der Waals surface area contributed by atoms with Crippen LogP contribution in [-0.4, -0.2) is 56.7 Å². The Kier molecular flexibility index (Phi) is 9.11. The third kappa shape index (κ3) is 7.64. The van der Waals surface area contributed by atoms with Crippen LogP contribution in [0.1, 0.15) is 39.3 Å². The minimum atomic E-state index is -1.97. The molecule has 0 radical (unpaired) electrons. The van der Waals surface area contributed by atoms with Gasteiger partial charge in [-0.3, -0.25) is 4.79 Å². The summed E-state index contributed by atoms with van der Waals surface area (Å²) >= 11 is 0. The molecular weight excluding hydrogens is 410 g/mol. The monoisotopic (exact) mass is 447 g/mol. The van der Waals surface area contributed by atoms with Crippen molar-refractivity contribution in [2.75, 3.05) is 20.3 Å². The van der Waals surface area contributed by atoms with Crippen LogP contribution in [0.5, 0.6) is 0 Å². The molecule has 172 valence electrons. The summed E-state index contributed by atoms with van der Waals surface area (Å²) in [4.78, 5) is 20.5. The van der Waals surface area contributed by atoms with Crippen molar-refractivity contribution in [2.24, 2.45) is 5.73 Å². The number of aromatic nitrogens is 2. The van der Waals surface area contributed by atoms with Gasteiger partial charge in [0, 0.05) is 23.9 Å². The number of nitrogens with zero attached hydrogens (tertiary/aromatic N) is 2. The molecule has 2 heterocycles. The molecule has 7 nitrogen and oxygen atoms in total. The third-order valence-corrected chi connectivity index (χ3v) is 10.4. The minimum absolute atomic E-state index is 0.0588. The Morgan fingerprint density at radius 2 is 1.94 bits per heavy atom. The number of carbonyl (C=O) groups is 1. The molecule has 0 bridgehead atoms. The van der Waals surface area contributed by atoms with Crippen LogP contribution in [0.4, 0.5) is 0 Å². The average molecular weight is 448 g/mol. The molecule has 8 heteroatoms. The van der Waals surface area contributed by atoms with E-state index in [0.29, 0.717) is 19.6 Å². The maximum Gasteiger partial charge on any atom is 0.322 e. The van der Waals surface area contributed by atoms with Crippen LogP contribution in [0.15, 0.2) is 30.5 Å². The second-order valence-corrected chi connectivity index (χ2v) is 14.1. The third-order valence-electron chi connectivity index (χ3n) is 5.89. The van der Waals surface area contributed by atoms with Gasteiger partial charge in [-0.2, -0.15) is 0 Å². The lowest BCUT2D eigenvalue weighted by Gasteiger charge is -2.39. The fraction of sp³-hybridized carbons (Fsp3) is 0.609. The fourth-order valence-electron chi connectivity index (χ4n) is 2.90. The van der Waals surface area contributed by atoms with Gasteiger partial charge >= 0.3 is 5.97 Å².